The molecule has 0 saturated carbocycles. The third-order valence-electron chi connectivity index (χ3n) is 2.26. The van der Waals surface area contributed by atoms with Gasteiger partial charge in [-0.2, -0.15) is 0 Å². The number of aliphatic imine (C=N–C) groups is 1. The number of benzene rings is 1. The van der Waals surface area contributed by atoms with Crippen molar-refractivity contribution in [1.29, 1.82) is 0 Å². The number of hydrogen-bond donors (Lipinski definition) is 1. The maximum atomic E-state index is 6.14. The Hall–Kier alpha value is -1.32. The summed E-state index contributed by atoms with van der Waals surface area (Å²) < 4.78 is 0. The first-order chi connectivity index (χ1) is 7.34. The number of fused-ring (bicyclic) bond motifs is 2. The topological polar surface area (TPSA) is 24.4 Å². The van der Waals surface area contributed by atoms with Crippen LogP contribution in [0.4, 0.5) is 16.4 Å². The van der Waals surface area contributed by atoms with Crippen molar-refractivity contribution in [3.63, 3.8) is 0 Å². The maximum absolute atomic E-state index is 6.14. The standard InChI is InChI=1S/C11H7ClN2S/c12-10-7-5-6-15-11(7)14-9-4-2-1-3-8(9)13-10/h1-6,14H. The Labute approximate surface area is 96.2 Å². The molecule has 2 heterocycles. The molecule has 0 bridgehead atoms. The van der Waals surface area contributed by atoms with Crippen LogP contribution in [0.25, 0.3) is 0 Å². The van der Waals surface area contributed by atoms with Crippen molar-refractivity contribution in [2.45, 2.75) is 0 Å². The molecule has 0 fully saturated rings. The number of nitrogens with one attached hydrogen (secondary N) is 1. The number of hydrogen-bond acceptors (Lipinski definition) is 3. The van der Waals surface area contributed by atoms with Crippen molar-refractivity contribution in [3.8, 4) is 0 Å². The highest BCUT2D eigenvalue weighted by molar-refractivity contribution is 7.15. The van der Waals surface area contributed by atoms with Crippen LogP contribution >= 0.6 is 22.9 Å². The molecule has 0 aliphatic carbocycles. The number of anilines is 2. The second kappa shape index (κ2) is 3.36. The third kappa shape index (κ3) is 1.44. The molecule has 1 aromatic carbocycles. The van der Waals surface area contributed by atoms with Gasteiger partial charge in [0.25, 0.3) is 0 Å². The molecule has 2 nitrogen and oxygen atoms in total. The van der Waals surface area contributed by atoms with Crippen LogP contribution in [0.1, 0.15) is 5.56 Å². The quantitative estimate of drug-likeness (QED) is 0.729. The van der Waals surface area contributed by atoms with Gasteiger partial charge in [-0.3, -0.25) is 0 Å². The molecule has 0 atom stereocenters. The summed E-state index contributed by atoms with van der Waals surface area (Å²) in [6.45, 7) is 0. The predicted molar refractivity (Wildman–Crippen MR) is 66.1 cm³/mol. The van der Waals surface area contributed by atoms with Gasteiger partial charge in [-0.05, 0) is 23.6 Å². The Balaban J connectivity index is 2.25. The molecule has 3 rings (SSSR count). The molecule has 0 unspecified atom stereocenters. The van der Waals surface area contributed by atoms with Crippen molar-refractivity contribution < 1.29 is 0 Å². The molecule has 15 heavy (non-hydrogen) atoms. The smallest absolute Gasteiger partial charge is 0.140 e. The molecule has 1 aromatic heterocycles. The molecule has 1 aliphatic heterocycles. The molecule has 4 heteroatoms. The van der Waals surface area contributed by atoms with E-state index in [1.807, 2.05) is 35.7 Å². The predicted octanol–water partition coefficient (Wildman–Crippen LogP) is 4.12. The van der Waals surface area contributed by atoms with Crippen molar-refractivity contribution in [1.82, 2.24) is 0 Å². The van der Waals surface area contributed by atoms with Crippen molar-refractivity contribution in [3.05, 3.63) is 41.3 Å². The zero-order valence-electron chi connectivity index (χ0n) is 7.70. The molecule has 2 aromatic rings. The minimum Gasteiger partial charge on any atom is -0.345 e. The molecule has 0 saturated heterocycles. The Bertz CT molecular complexity index is 545. The summed E-state index contributed by atoms with van der Waals surface area (Å²) in [4.78, 5) is 4.38. The minimum absolute atomic E-state index is 0.545. The number of halogens is 1. The molecule has 0 amide bonds. The highest BCUT2D eigenvalue weighted by Crippen LogP contribution is 2.37. The third-order valence-corrected chi connectivity index (χ3v) is 3.38. The van der Waals surface area contributed by atoms with E-state index in [0.717, 1.165) is 21.9 Å². The van der Waals surface area contributed by atoms with E-state index >= 15 is 0 Å². The fourth-order valence-corrected chi connectivity index (χ4v) is 2.64. The van der Waals surface area contributed by atoms with Crippen LogP contribution in [0.3, 0.4) is 0 Å². The van der Waals surface area contributed by atoms with Gasteiger partial charge in [0.05, 0.1) is 11.4 Å². The van der Waals surface area contributed by atoms with E-state index in [9.17, 15) is 0 Å². The van der Waals surface area contributed by atoms with E-state index in [0.29, 0.717) is 5.17 Å². The number of nitrogens with zero attached hydrogens (tertiary/aromatic N) is 1. The number of rotatable bonds is 0. The lowest BCUT2D eigenvalue weighted by atomic mass is 10.3. The lowest BCUT2D eigenvalue weighted by Gasteiger charge is -2.04. The van der Waals surface area contributed by atoms with Crippen LogP contribution in [-0.2, 0) is 0 Å². The monoisotopic (exact) mass is 234 g/mol. The first-order valence-corrected chi connectivity index (χ1v) is 5.78. The summed E-state index contributed by atoms with van der Waals surface area (Å²) in [5.41, 5.74) is 2.85. The van der Waals surface area contributed by atoms with Crippen molar-refractivity contribution >= 4 is 44.5 Å². The Kier molecular flexibility index (Phi) is 2.01. The molecule has 1 N–H and O–H groups in total. The number of para-hydroxylation sites is 2. The van der Waals surface area contributed by atoms with E-state index in [1.54, 1.807) is 11.3 Å². The Morgan fingerprint density at radius 3 is 3.00 bits per heavy atom. The van der Waals surface area contributed by atoms with Gasteiger partial charge >= 0.3 is 0 Å². The lowest BCUT2D eigenvalue weighted by Crippen LogP contribution is -1.90. The fraction of sp³-hybridized carbons (Fsp3) is 0. The van der Waals surface area contributed by atoms with Crippen LogP contribution in [0.15, 0.2) is 40.7 Å². The summed E-state index contributed by atoms with van der Waals surface area (Å²) in [6, 6.07) is 9.85. The zero-order valence-corrected chi connectivity index (χ0v) is 9.27. The lowest BCUT2D eigenvalue weighted by molar-refractivity contribution is 1.52. The van der Waals surface area contributed by atoms with E-state index < -0.39 is 0 Å². The Morgan fingerprint density at radius 1 is 1.20 bits per heavy atom. The van der Waals surface area contributed by atoms with E-state index in [1.165, 1.54) is 0 Å². The van der Waals surface area contributed by atoms with Gasteiger partial charge < -0.3 is 5.32 Å². The molecule has 0 spiro atoms. The maximum Gasteiger partial charge on any atom is 0.140 e. The summed E-state index contributed by atoms with van der Waals surface area (Å²) in [5, 5.41) is 6.93. The van der Waals surface area contributed by atoms with E-state index in [-0.39, 0.29) is 0 Å². The van der Waals surface area contributed by atoms with Crippen molar-refractivity contribution in [2.75, 3.05) is 5.32 Å². The average Bonchev–Trinajstić information content (AvgIpc) is 2.64. The largest absolute Gasteiger partial charge is 0.345 e. The zero-order chi connectivity index (χ0) is 10.3. The first-order valence-electron chi connectivity index (χ1n) is 4.53. The Morgan fingerprint density at radius 2 is 2.07 bits per heavy atom. The van der Waals surface area contributed by atoms with Crippen LogP contribution < -0.4 is 5.32 Å². The van der Waals surface area contributed by atoms with Crippen LogP contribution in [0, 0.1) is 0 Å². The highest BCUT2D eigenvalue weighted by Gasteiger charge is 2.15. The normalized spacial score (nSPS) is 13.3. The van der Waals surface area contributed by atoms with Gasteiger partial charge in [-0.1, -0.05) is 23.7 Å². The highest BCUT2D eigenvalue weighted by atomic mass is 35.5. The molecular weight excluding hydrogens is 228 g/mol. The van der Waals surface area contributed by atoms with Gasteiger partial charge in [0, 0.05) is 5.56 Å². The van der Waals surface area contributed by atoms with E-state index in [2.05, 4.69) is 10.3 Å². The second-order valence-electron chi connectivity index (χ2n) is 3.21. The summed E-state index contributed by atoms with van der Waals surface area (Å²) in [7, 11) is 0. The van der Waals surface area contributed by atoms with Gasteiger partial charge in [-0.25, -0.2) is 4.99 Å². The molecule has 0 radical (unpaired) electrons. The fourth-order valence-electron chi connectivity index (χ4n) is 1.53. The van der Waals surface area contributed by atoms with E-state index in [4.69, 9.17) is 11.6 Å². The molecule has 74 valence electrons. The minimum atomic E-state index is 0.545. The van der Waals surface area contributed by atoms with Crippen LogP contribution in [0.2, 0.25) is 0 Å². The van der Waals surface area contributed by atoms with Gasteiger partial charge in [0.1, 0.15) is 10.2 Å². The second-order valence-corrected chi connectivity index (χ2v) is 4.48. The number of thiophene rings is 1. The molecular formula is C11H7ClN2S. The van der Waals surface area contributed by atoms with Gasteiger partial charge in [0.2, 0.25) is 0 Å². The van der Waals surface area contributed by atoms with Gasteiger partial charge in [-0.15, -0.1) is 11.3 Å². The SMILES string of the molecule is ClC1=Nc2ccccc2Nc2sccc21. The summed E-state index contributed by atoms with van der Waals surface area (Å²) >= 11 is 7.77. The summed E-state index contributed by atoms with van der Waals surface area (Å²) in [5.74, 6) is 0. The van der Waals surface area contributed by atoms with Crippen molar-refractivity contribution in [2.24, 2.45) is 4.99 Å². The average molecular weight is 235 g/mol. The van der Waals surface area contributed by atoms with Gasteiger partial charge in [0.15, 0.2) is 0 Å². The van der Waals surface area contributed by atoms with Crippen LogP contribution in [0.5, 0.6) is 0 Å². The van der Waals surface area contributed by atoms with Crippen LogP contribution in [-0.4, -0.2) is 5.17 Å². The summed E-state index contributed by atoms with van der Waals surface area (Å²) in [6.07, 6.45) is 0. The first kappa shape index (κ1) is 8.95. The molecule has 1 aliphatic rings.